The average molecular weight is 369 g/mol. The van der Waals surface area contributed by atoms with Crippen LogP contribution in [0.15, 0.2) is 36.4 Å². The Morgan fingerprint density at radius 2 is 1.81 bits per heavy atom. The Kier molecular flexibility index (Phi) is 6.40. The van der Waals surface area contributed by atoms with Crippen LogP contribution in [0.5, 0.6) is 11.5 Å². The van der Waals surface area contributed by atoms with Gasteiger partial charge >= 0.3 is 0 Å². The number of hydrogen-bond donors (Lipinski definition) is 1. The summed E-state index contributed by atoms with van der Waals surface area (Å²) in [5.74, 6) is 2.33. The zero-order chi connectivity index (χ0) is 19.4. The summed E-state index contributed by atoms with van der Waals surface area (Å²) in [5, 5.41) is 3.71. The maximum Gasteiger partial charge on any atom is 0.119 e. The van der Waals surface area contributed by atoms with E-state index >= 15 is 0 Å². The lowest BCUT2D eigenvalue weighted by atomic mass is 9.85. The first kappa shape index (κ1) is 19.7. The predicted octanol–water partition coefficient (Wildman–Crippen LogP) is 3.99. The van der Waals surface area contributed by atoms with E-state index < -0.39 is 0 Å². The van der Waals surface area contributed by atoms with Gasteiger partial charge in [0.1, 0.15) is 18.1 Å². The van der Waals surface area contributed by atoms with Crippen molar-refractivity contribution in [3.63, 3.8) is 0 Å². The monoisotopic (exact) mass is 368 g/mol. The minimum absolute atomic E-state index is 0.216. The number of methoxy groups -OCH3 is 1. The summed E-state index contributed by atoms with van der Waals surface area (Å²) in [6.07, 6.45) is 1.03. The summed E-state index contributed by atoms with van der Waals surface area (Å²) in [4.78, 5) is 2.13. The Labute approximate surface area is 163 Å². The maximum atomic E-state index is 5.94. The minimum atomic E-state index is 0.216. The van der Waals surface area contributed by atoms with Crippen LogP contribution < -0.4 is 14.8 Å². The molecule has 3 rings (SSSR count). The van der Waals surface area contributed by atoms with Gasteiger partial charge in [0.05, 0.1) is 13.2 Å². The third-order valence-electron chi connectivity index (χ3n) is 5.20. The van der Waals surface area contributed by atoms with Crippen LogP contribution in [0.1, 0.15) is 48.1 Å². The molecule has 0 saturated heterocycles. The second kappa shape index (κ2) is 8.77. The number of fused-ring (bicyclic) bond motifs is 1. The van der Waals surface area contributed by atoms with E-state index in [0.717, 1.165) is 31.0 Å². The van der Waals surface area contributed by atoms with Crippen molar-refractivity contribution >= 4 is 0 Å². The first-order valence-corrected chi connectivity index (χ1v) is 9.81. The fourth-order valence-electron chi connectivity index (χ4n) is 3.70. The highest BCUT2D eigenvalue weighted by atomic mass is 16.5. The van der Waals surface area contributed by atoms with Gasteiger partial charge in [0.2, 0.25) is 0 Å². The fourth-order valence-corrected chi connectivity index (χ4v) is 3.70. The van der Waals surface area contributed by atoms with Crippen LogP contribution in [-0.4, -0.2) is 45.8 Å². The molecule has 1 atom stereocenters. The second-order valence-electron chi connectivity index (χ2n) is 7.80. The van der Waals surface area contributed by atoms with Gasteiger partial charge in [-0.25, -0.2) is 0 Å². The molecule has 0 saturated carbocycles. The van der Waals surface area contributed by atoms with E-state index in [1.165, 1.54) is 22.3 Å². The van der Waals surface area contributed by atoms with Crippen molar-refractivity contribution in [3.05, 3.63) is 58.7 Å². The number of ether oxygens (including phenoxy) is 2. The SMILES string of the molecule is COc1ccc(C2NCCc3cc(OCCN(C)C)ccc32)c(C(C)C)c1. The molecule has 0 bridgehead atoms. The first-order valence-electron chi connectivity index (χ1n) is 9.81. The molecule has 0 fully saturated rings. The van der Waals surface area contributed by atoms with Gasteiger partial charge in [0.15, 0.2) is 0 Å². The standard InChI is InChI=1S/C23H32N2O2/c1-16(2)22-15-18(26-5)6-9-21(22)23-20-8-7-19(27-13-12-25(3)4)14-17(20)10-11-24-23/h6-9,14-16,23-24H,10-13H2,1-5H3. The van der Waals surface area contributed by atoms with Crippen LogP contribution in [0.25, 0.3) is 0 Å². The fraction of sp³-hybridized carbons (Fsp3) is 0.478. The summed E-state index contributed by atoms with van der Waals surface area (Å²) >= 11 is 0. The van der Waals surface area contributed by atoms with Crippen molar-refractivity contribution in [2.75, 3.05) is 40.9 Å². The van der Waals surface area contributed by atoms with Gasteiger partial charge in [0.25, 0.3) is 0 Å². The number of likely N-dealkylation sites (N-methyl/N-ethyl adjacent to an activating group) is 1. The van der Waals surface area contributed by atoms with Crippen LogP contribution in [0, 0.1) is 0 Å². The molecule has 0 spiro atoms. The highest BCUT2D eigenvalue weighted by Gasteiger charge is 2.25. The van der Waals surface area contributed by atoms with Crippen molar-refractivity contribution in [2.45, 2.75) is 32.2 Å². The molecule has 0 aromatic heterocycles. The third kappa shape index (κ3) is 4.63. The molecule has 27 heavy (non-hydrogen) atoms. The molecular formula is C23H32N2O2. The summed E-state index contributed by atoms with van der Waals surface area (Å²) in [5.41, 5.74) is 5.42. The molecule has 0 aliphatic carbocycles. The smallest absolute Gasteiger partial charge is 0.119 e. The largest absolute Gasteiger partial charge is 0.497 e. The van der Waals surface area contributed by atoms with Gasteiger partial charge in [-0.05, 0) is 73.0 Å². The molecule has 0 amide bonds. The molecule has 2 aromatic carbocycles. The Morgan fingerprint density at radius 1 is 1.07 bits per heavy atom. The van der Waals surface area contributed by atoms with Crippen LogP contribution in [0.3, 0.4) is 0 Å². The predicted molar refractivity (Wildman–Crippen MR) is 111 cm³/mol. The summed E-state index contributed by atoms with van der Waals surface area (Å²) in [6.45, 7) is 7.09. The molecule has 1 aliphatic heterocycles. The number of nitrogens with zero attached hydrogens (tertiary/aromatic N) is 1. The van der Waals surface area contributed by atoms with Gasteiger partial charge in [-0.3, -0.25) is 0 Å². The van der Waals surface area contributed by atoms with E-state index in [9.17, 15) is 0 Å². The summed E-state index contributed by atoms with van der Waals surface area (Å²) in [6, 6.07) is 13.2. The molecule has 1 heterocycles. The van der Waals surface area contributed by atoms with E-state index in [1.807, 2.05) is 0 Å². The molecule has 2 aromatic rings. The number of hydrogen-bond acceptors (Lipinski definition) is 4. The summed E-state index contributed by atoms with van der Waals surface area (Å²) < 4.78 is 11.4. The lowest BCUT2D eigenvalue weighted by molar-refractivity contribution is 0.261. The number of nitrogens with one attached hydrogen (secondary N) is 1. The number of benzene rings is 2. The van der Waals surface area contributed by atoms with Crippen molar-refractivity contribution in [1.82, 2.24) is 10.2 Å². The van der Waals surface area contributed by atoms with E-state index in [2.05, 4.69) is 74.6 Å². The zero-order valence-corrected chi connectivity index (χ0v) is 17.2. The van der Waals surface area contributed by atoms with Gasteiger partial charge in [-0.2, -0.15) is 0 Å². The lowest BCUT2D eigenvalue weighted by Gasteiger charge is -2.30. The number of rotatable bonds is 7. The van der Waals surface area contributed by atoms with Crippen LogP contribution in [-0.2, 0) is 6.42 Å². The topological polar surface area (TPSA) is 33.7 Å². The average Bonchev–Trinajstić information content (AvgIpc) is 2.66. The third-order valence-corrected chi connectivity index (χ3v) is 5.20. The van der Waals surface area contributed by atoms with E-state index in [-0.39, 0.29) is 6.04 Å². The second-order valence-corrected chi connectivity index (χ2v) is 7.80. The molecule has 1 aliphatic rings. The van der Waals surface area contributed by atoms with E-state index in [4.69, 9.17) is 9.47 Å². The maximum absolute atomic E-state index is 5.94. The molecule has 4 heteroatoms. The van der Waals surface area contributed by atoms with Gasteiger partial charge in [-0.15, -0.1) is 0 Å². The minimum Gasteiger partial charge on any atom is -0.497 e. The van der Waals surface area contributed by atoms with E-state index in [1.54, 1.807) is 7.11 Å². The normalized spacial score (nSPS) is 16.5. The van der Waals surface area contributed by atoms with Crippen molar-refractivity contribution in [1.29, 1.82) is 0 Å². The van der Waals surface area contributed by atoms with Crippen LogP contribution in [0.4, 0.5) is 0 Å². The Bertz CT molecular complexity index is 771. The Balaban J connectivity index is 1.88. The Hall–Kier alpha value is -2.04. The van der Waals surface area contributed by atoms with E-state index in [0.29, 0.717) is 12.5 Å². The van der Waals surface area contributed by atoms with Crippen molar-refractivity contribution in [3.8, 4) is 11.5 Å². The molecule has 1 unspecified atom stereocenters. The van der Waals surface area contributed by atoms with Crippen molar-refractivity contribution < 1.29 is 9.47 Å². The Morgan fingerprint density at radius 3 is 2.52 bits per heavy atom. The van der Waals surface area contributed by atoms with Gasteiger partial charge < -0.3 is 19.7 Å². The van der Waals surface area contributed by atoms with Gasteiger partial charge in [0, 0.05) is 13.1 Å². The quantitative estimate of drug-likeness (QED) is 0.801. The molecule has 146 valence electrons. The van der Waals surface area contributed by atoms with Crippen molar-refractivity contribution in [2.24, 2.45) is 0 Å². The van der Waals surface area contributed by atoms with Crippen LogP contribution >= 0.6 is 0 Å². The van der Waals surface area contributed by atoms with Crippen LogP contribution in [0.2, 0.25) is 0 Å². The molecule has 0 radical (unpaired) electrons. The summed E-state index contributed by atoms with van der Waals surface area (Å²) in [7, 11) is 5.85. The zero-order valence-electron chi connectivity index (χ0n) is 17.2. The highest BCUT2D eigenvalue weighted by Crippen LogP contribution is 2.36. The molecular weight excluding hydrogens is 336 g/mol. The highest BCUT2D eigenvalue weighted by molar-refractivity contribution is 5.48. The molecule has 4 nitrogen and oxygen atoms in total. The molecule has 1 N–H and O–H groups in total. The first-order chi connectivity index (χ1) is 13.0. The lowest BCUT2D eigenvalue weighted by Crippen LogP contribution is -2.31. The van der Waals surface area contributed by atoms with Gasteiger partial charge in [-0.1, -0.05) is 26.0 Å².